The Morgan fingerprint density at radius 3 is 2.69 bits per heavy atom. The second-order valence-electron chi connectivity index (χ2n) is 4.27. The van der Waals surface area contributed by atoms with Gasteiger partial charge in [0.25, 0.3) is 0 Å². The molecular weight excluding hydrogens is 220 g/mol. The third-order valence-electron chi connectivity index (χ3n) is 3.05. The molecule has 86 valence electrons. The summed E-state index contributed by atoms with van der Waals surface area (Å²) in [5.74, 6) is 0.313. The van der Waals surface area contributed by atoms with Gasteiger partial charge < -0.3 is 4.74 Å². The highest BCUT2D eigenvalue weighted by molar-refractivity contribution is 7.80. The van der Waals surface area contributed by atoms with Crippen molar-refractivity contribution in [2.24, 2.45) is 5.92 Å². The Kier molecular flexibility index (Phi) is 3.88. The van der Waals surface area contributed by atoms with Gasteiger partial charge in [0.05, 0.1) is 12.2 Å². The van der Waals surface area contributed by atoms with Gasteiger partial charge in [-0.1, -0.05) is 25.0 Å². The largest absolute Gasteiger partial charge is 0.462 e. The summed E-state index contributed by atoms with van der Waals surface area (Å²) in [5, 5.41) is 0. The molecule has 16 heavy (non-hydrogen) atoms. The standard InChI is InChI=1S/C13H16O2S/c14-13(11-7-3-4-8-12(11)16)15-9-10-5-1-2-6-10/h3-4,7-8,10,16H,1-2,5-6,9H2. The summed E-state index contributed by atoms with van der Waals surface area (Å²) < 4.78 is 5.30. The summed E-state index contributed by atoms with van der Waals surface area (Å²) in [6.45, 7) is 0.556. The van der Waals surface area contributed by atoms with Crippen molar-refractivity contribution in [1.82, 2.24) is 0 Å². The zero-order valence-corrected chi connectivity index (χ0v) is 10.1. The first-order chi connectivity index (χ1) is 7.77. The minimum absolute atomic E-state index is 0.252. The predicted octanol–water partition coefficient (Wildman–Crippen LogP) is 3.32. The van der Waals surface area contributed by atoms with Crippen molar-refractivity contribution in [3.05, 3.63) is 29.8 Å². The van der Waals surface area contributed by atoms with Crippen LogP contribution in [0.2, 0.25) is 0 Å². The molecule has 0 heterocycles. The van der Waals surface area contributed by atoms with Crippen LogP contribution in [-0.2, 0) is 4.74 Å². The number of esters is 1. The topological polar surface area (TPSA) is 26.3 Å². The van der Waals surface area contributed by atoms with Gasteiger partial charge in [0.2, 0.25) is 0 Å². The Morgan fingerprint density at radius 1 is 1.31 bits per heavy atom. The Balaban J connectivity index is 1.90. The number of benzene rings is 1. The molecule has 0 unspecified atom stereocenters. The maximum absolute atomic E-state index is 11.8. The van der Waals surface area contributed by atoms with Crippen LogP contribution >= 0.6 is 12.6 Å². The monoisotopic (exact) mass is 236 g/mol. The number of ether oxygens (including phenoxy) is 1. The van der Waals surface area contributed by atoms with Gasteiger partial charge in [0.1, 0.15) is 0 Å². The van der Waals surface area contributed by atoms with Crippen LogP contribution in [-0.4, -0.2) is 12.6 Å². The van der Waals surface area contributed by atoms with Crippen LogP contribution < -0.4 is 0 Å². The van der Waals surface area contributed by atoms with E-state index < -0.39 is 0 Å². The fourth-order valence-electron chi connectivity index (χ4n) is 2.09. The molecule has 0 aliphatic heterocycles. The maximum Gasteiger partial charge on any atom is 0.339 e. The van der Waals surface area contributed by atoms with Crippen molar-refractivity contribution in [1.29, 1.82) is 0 Å². The van der Waals surface area contributed by atoms with Gasteiger partial charge in [-0.2, -0.15) is 0 Å². The van der Waals surface area contributed by atoms with Crippen LogP contribution in [0.5, 0.6) is 0 Å². The summed E-state index contributed by atoms with van der Waals surface area (Å²) in [5.41, 5.74) is 0.559. The second-order valence-corrected chi connectivity index (χ2v) is 4.75. The van der Waals surface area contributed by atoms with Gasteiger partial charge in [-0.25, -0.2) is 4.79 Å². The Morgan fingerprint density at radius 2 is 2.00 bits per heavy atom. The zero-order chi connectivity index (χ0) is 11.4. The molecule has 1 aromatic carbocycles. The summed E-state index contributed by atoms with van der Waals surface area (Å²) in [7, 11) is 0. The van der Waals surface area contributed by atoms with Crippen LogP contribution in [0.15, 0.2) is 29.2 Å². The van der Waals surface area contributed by atoms with Crippen molar-refractivity contribution in [2.75, 3.05) is 6.61 Å². The van der Waals surface area contributed by atoms with E-state index >= 15 is 0 Å². The summed E-state index contributed by atoms with van der Waals surface area (Å²) in [6.07, 6.45) is 4.92. The van der Waals surface area contributed by atoms with E-state index in [1.165, 1.54) is 25.7 Å². The molecule has 1 fully saturated rings. The molecule has 0 bridgehead atoms. The molecule has 0 spiro atoms. The Hall–Kier alpha value is -0.960. The molecular formula is C13H16O2S. The molecule has 0 N–H and O–H groups in total. The summed E-state index contributed by atoms with van der Waals surface area (Å²) in [6, 6.07) is 7.23. The highest BCUT2D eigenvalue weighted by Crippen LogP contribution is 2.25. The summed E-state index contributed by atoms with van der Waals surface area (Å²) >= 11 is 4.24. The van der Waals surface area contributed by atoms with Crippen LogP contribution in [0.25, 0.3) is 0 Å². The van der Waals surface area contributed by atoms with Crippen molar-refractivity contribution >= 4 is 18.6 Å². The van der Waals surface area contributed by atoms with E-state index in [4.69, 9.17) is 4.74 Å². The van der Waals surface area contributed by atoms with Crippen LogP contribution in [0.4, 0.5) is 0 Å². The molecule has 0 saturated heterocycles. The number of thiol groups is 1. The van der Waals surface area contributed by atoms with Crippen LogP contribution in [0.3, 0.4) is 0 Å². The molecule has 1 aliphatic carbocycles. The van der Waals surface area contributed by atoms with E-state index in [1.54, 1.807) is 12.1 Å². The third-order valence-corrected chi connectivity index (χ3v) is 3.44. The molecule has 2 nitrogen and oxygen atoms in total. The minimum Gasteiger partial charge on any atom is -0.462 e. The number of rotatable bonds is 3. The predicted molar refractivity (Wildman–Crippen MR) is 65.9 cm³/mol. The maximum atomic E-state index is 11.8. The smallest absolute Gasteiger partial charge is 0.339 e. The lowest BCUT2D eigenvalue weighted by Crippen LogP contribution is -2.12. The first-order valence-corrected chi connectivity index (χ1v) is 6.17. The fourth-order valence-corrected chi connectivity index (χ4v) is 2.35. The highest BCUT2D eigenvalue weighted by Gasteiger charge is 2.18. The highest BCUT2D eigenvalue weighted by atomic mass is 32.1. The van der Waals surface area contributed by atoms with Crippen molar-refractivity contribution < 1.29 is 9.53 Å². The first-order valence-electron chi connectivity index (χ1n) is 5.72. The lowest BCUT2D eigenvalue weighted by atomic mass is 10.1. The lowest BCUT2D eigenvalue weighted by molar-refractivity contribution is 0.0438. The molecule has 1 aromatic rings. The summed E-state index contributed by atoms with van der Waals surface area (Å²) in [4.78, 5) is 12.4. The number of hydrogen-bond acceptors (Lipinski definition) is 3. The van der Waals surface area contributed by atoms with E-state index in [0.717, 1.165) is 0 Å². The van der Waals surface area contributed by atoms with Crippen LogP contribution in [0.1, 0.15) is 36.0 Å². The van der Waals surface area contributed by atoms with E-state index in [9.17, 15) is 4.79 Å². The Labute approximate surface area is 101 Å². The van der Waals surface area contributed by atoms with Gasteiger partial charge in [0, 0.05) is 4.90 Å². The van der Waals surface area contributed by atoms with E-state index in [0.29, 0.717) is 23.0 Å². The first kappa shape index (κ1) is 11.5. The molecule has 0 atom stereocenters. The van der Waals surface area contributed by atoms with Crippen molar-refractivity contribution in [3.63, 3.8) is 0 Å². The molecule has 1 aliphatic rings. The number of hydrogen-bond donors (Lipinski definition) is 1. The van der Waals surface area contributed by atoms with E-state index in [1.807, 2.05) is 12.1 Å². The molecule has 0 amide bonds. The molecule has 2 rings (SSSR count). The van der Waals surface area contributed by atoms with Gasteiger partial charge in [-0.3, -0.25) is 0 Å². The van der Waals surface area contributed by atoms with Crippen molar-refractivity contribution in [3.8, 4) is 0 Å². The van der Waals surface area contributed by atoms with Crippen LogP contribution in [0, 0.1) is 5.92 Å². The molecule has 0 aromatic heterocycles. The van der Waals surface area contributed by atoms with Gasteiger partial charge in [-0.05, 0) is 30.9 Å². The number of carbonyl (C=O) groups is 1. The fraction of sp³-hybridized carbons (Fsp3) is 0.462. The average molecular weight is 236 g/mol. The zero-order valence-electron chi connectivity index (χ0n) is 9.19. The number of carbonyl (C=O) groups excluding carboxylic acids is 1. The van der Waals surface area contributed by atoms with E-state index in [2.05, 4.69) is 12.6 Å². The van der Waals surface area contributed by atoms with Gasteiger partial charge in [-0.15, -0.1) is 12.6 Å². The molecule has 3 heteroatoms. The molecule has 0 radical (unpaired) electrons. The lowest BCUT2D eigenvalue weighted by Gasteiger charge is -2.10. The van der Waals surface area contributed by atoms with Gasteiger partial charge in [0.15, 0.2) is 0 Å². The third kappa shape index (κ3) is 2.79. The molecule has 1 saturated carbocycles. The van der Waals surface area contributed by atoms with E-state index in [-0.39, 0.29) is 5.97 Å². The second kappa shape index (κ2) is 5.39. The van der Waals surface area contributed by atoms with Crippen molar-refractivity contribution in [2.45, 2.75) is 30.6 Å². The SMILES string of the molecule is O=C(OCC1CCCC1)c1ccccc1S. The Bertz CT molecular complexity index is 370. The average Bonchev–Trinajstić information content (AvgIpc) is 2.79. The quantitative estimate of drug-likeness (QED) is 0.643. The normalized spacial score (nSPS) is 16.3. The van der Waals surface area contributed by atoms with Gasteiger partial charge >= 0.3 is 5.97 Å². The minimum atomic E-state index is -0.252.